The Bertz CT molecular complexity index is 714. The van der Waals surface area contributed by atoms with Crippen molar-refractivity contribution in [2.45, 2.75) is 44.6 Å². The molecule has 2 aliphatic heterocycles. The van der Waals surface area contributed by atoms with E-state index in [4.69, 9.17) is 0 Å². The smallest absolute Gasteiger partial charge is 0.317 e. The van der Waals surface area contributed by atoms with Gasteiger partial charge in [0.1, 0.15) is 0 Å². The average molecular weight is 428 g/mol. The Morgan fingerprint density at radius 3 is 2.39 bits per heavy atom. The van der Waals surface area contributed by atoms with Gasteiger partial charge in [-0.1, -0.05) is 37.5 Å². The van der Waals surface area contributed by atoms with Gasteiger partial charge in [0.2, 0.25) is 5.91 Å². The normalized spacial score (nSPS) is 23.0. The SMILES string of the molecule is O=C(CN1CCN(C(=O)NC2CCCCC2)CC1)NCC1CCN(c2ccccc2)C1. The Labute approximate surface area is 186 Å². The summed E-state index contributed by atoms with van der Waals surface area (Å²) in [5.74, 6) is 0.600. The van der Waals surface area contributed by atoms with E-state index in [1.54, 1.807) is 0 Å². The number of nitrogens with zero attached hydrogens (tertiary/aromatic N) is 3. The summed E-state index contributed by atoms with van der Waals surface area (Å²) in [6.45, 7) is 6.13. The Hall–Kier alpha value is -2.28. The summed E-state index contributed by atoms with van der Waals surface area (Å²) in [5, 5.41) is 6.33. The molecule has 1 aliphatic carbocycles. The van der Waals surface area contributed by atoms with Gasteiger partial charge in [-0.25, -0.2) is 4.79 Å². The van der Waals surface area contributed by atoms with Crippen molar-refractivity contribution in [3.63, 3.8) is 0 Å². The third-order valence-corrected chi connectivity index (χ3v) is 6.95. The van der Waals surface area contributed by atoms with E-state index in [1.165, 1.54) is 24.9 Å². The van der Waals surface area contributed by atoms with Crippen LogP contribution in [-0.2, 0) is 4.79 Å². The second-order valence-corrected chi connectivity index (χ2v) is 9.29. The maximum atomic E-state index is 12.5. The van der Waals surface area contributed by atoms with Crippen LogP contribution in [-0.4, -0.2) is 80.1 Å². The van der Waals surface area contributed by atoms with Crippen LogP contribution in [0.1, 0.15) is 38.5 Å². The van der Waals surface area contributed by atoms with Gasteiger partial charge in [0.05, 0.1) is 6.54 Å². The summed E-state index contributed by atoms with van der Waals surface area (Å²) in [4.78, 5) is 31.4. The van der Waals surface area contributed by atoms with Crippen molar-refractivity contribution < 1.29 is 9.59 Å². The minimum Gasteiger partial charge on any atom is -0.371 e. The highest BCUT2D eigenvalue weighted by Crippen LogP contribution is 2.23. The number of carbonyl (C=O) groups is 2. The Kier molecular flexibility index (Phi) is 7.67. The van der Waals surface area contributed by atoms with Gasteiger partial charge in [0, 0.05) is 57.5 Å². The maximum Gasteiger partial charge on any atom is 0.317 e. The molecule has 3 amide bonds. The first-order chi connectivity index (χ1) is 15.2. The number of nitrogens with one attached hydrogen (secondary N) is 2. The zero-order valence-electron chi connectivity index (χ0n) is 18.6. The molecule has 0 aromatic heterocycles. The van der Waals surface area contributed by atoms with E-state index in [9.17, 15) is 9.59 Å². The Morgan fingerprint density at radius 2 is 1.65 bits per heavy atom. The summed E-state index contributed by atoms with van der Waals surface area (Å²) >= 11 is 0. The van der Waals surface area contributed by atoms with Crippen LogP contribution in [0.5, 0.6) is 0 Å². The first-order valence-electron chi connectivity index (χ1n) is 12.0. The van der Waals surface area contributed by atoms with Crippen molar-refractivity contribution in [1.29, 1.82) is 0 Å². The van der Waals surface area contributed by atoms with Gasteiger partial charge in [-0.2, -0.15) is 0 Å². The zero-order valence-corrected chi connectivity index (χ0v) is 18.6. The Morgan fingerprint density at radius 1 is 0.903 bits per heavy atom. The molecule has 7 heteroatoms. The molecule has 3 aliphatic rings. The second kappa shape index (κ2) is 10.8. The second-order valence-electron chi connectivity index (χ2n) is 9.29. The highest BCUT2D eigenvalue weighted by atomic mass is 16.2. The highest BCUT2D eigenvalue weighted by molar-refractivity contribution is 5.78. The number of amides is 3. The van der Waals surface area contributed by atoms with E-state index >= 15 is 0 Å². The van der Waals surface area contributed by atoms with Crippen LogP contribution in [0.15, 0.2) is 30.3 Å². The average Bonchev–Trinajstić information content (AvgIpc) is 3.29. The number of rotatable bonds is 6. The fourth-order valence-corrected chi connectivity index (χ4v) is 5.01. The van der Waals surface area contributed by atoms with Gasteiger partial charge in [-0.3, -0.25) is 9.69 Å². The topological polar surface area (TPSA) is 67.9 Å². The van der Waals surface area contributed by atoms with Crippen LogP contribution in [0.3, 0.4) is 0 Å². The lowest BCUT2D eigenvalue weighted by atomic mass is 9.96. The molecule has 31 heavy (non-hydrogen) atoms. The molecule has 7 nitrogen and oxygen atoms in total. The molecule has 0 radical (unpaired) electrons. The molecule has 2 N–H and O–H groups in total. The molecule has 0 bridgehead atoms. The number of anilines is 1. The third-order valence-electron chi connectivity index (χ3n) is 6.95. The lowest BCUT2D eigenvalue weighted by Gasteiger charge is -2.35. The molecular formula is C24H37N5O2. The van der Waals surface area contributed by atoms with Crippen molar-refractivity contribution in [1.82, 2.24) is 20.4 Å². The van der Waals surface area contributed by atoms with E-state index in [2.05, 4.69) is 44.7 Å². The zero-order chi connectivity index (χ0) is 21.5. The molecule has 0 spiro atoms. The van der Waals surface area contributed by atoms with E-state index in [1.807, 2.05) is 11.0 Å². The van der Waals surface area contributed by atoms with Gasteiger partial charge < -0.3 is 20.4 Å². The minimum absolute atomic E-state index is 0.0696. The summed E-state index contributed by atoms with van der Waals surface area (Å²) in [5.41, 5.74) is 1.27. The summed E-state index contributed by atoms with van der Waals surface area (Å²) < 4.78 is 0. The van der Waals surface area contributed by atoms with E-state index in [0.29, 0.717) is 31.6 Å². The van der Waals surface area contributed by atoms with E-state index in [-0.39, 0.29) is 11.9 Å². The molecule has 1 unspecified atom stereocenters. The van der Waals surface area contributed by atoms with Crippen LogP contribution in [0, 0.1) is 5.92 Å². The number of para-hydroxylation sites is 1. The molecule has 170 valence electrons. The summed E-state index contributed by atoms with van der Waals surface area (Å²) in [6, 6.07) is 10.9. The number of urea groups is 1. The molecule has 1 atom stereocenters. The molecule has 1 aromatic rings. The highest BCUT2D eigenvalue weighted by Gasteiger charge is 2.26. The monoisotopic (exact) mass is 427 g/mol. The lowest BCUT2D eigenvalue weighted by molar-refractivity contribution is -0.122. The Balaban J connectivity index is 1.11. The predicted octanol–water partition coefficient (Wildman–Crippen LogP) is 2.29. The van der Waals surface area contributed by atoms with Gasteiger partial charge in [0.15, 0.2) is 0 Å². The van der Waals surface area contributed by atoms with Gasteiger partial charge >= 0.3 is 6.03 Å². The van der Waals surface area contributed by atoms with Crippen LogP contribution < -0.4 is 15.5 Å². The molecular weight excluding hydrogens is 390 g/mol. The number of hydrogen-bond acceptors (Lipinski definition) is 4. The first kappa shape index (κ1) is 21.9. The fraction of sp³-hybridized carbons (Fsp3) is 0.667. The van der Waals surface area contributed by atoms with Gasteiger partial charge in [-0.05, 0) is 37.3 Å². The fourth-order valence-electron chi connectivity index (χ4n) is 5.01. The molecule has 2 saturated heterocycles. The van der Waals surface area contributed by atoms with Crippen LogP contribution in [0.4, 0.5) is 10.5 Å². The number of hydrogen-bond donors (Lipinski definition) is 2. The molecule has 2 heterocycles. The van der Waals surface area contributed by atoms with Gasteiger partial charge in [-0.15, -0.1) is 0 Å². The number of benzene rings is 1. The first-order valence-corrected chi connectivity index (χ1v) is 12.0. The standard InChI is InChI=1S/C24H37N5O2/c30-23(25-17-20-11-12-29(18-20)22-9-5-2-6-10-22)19-27-13-15-28(16-14-27)24(31)26-21-7-3-1-4-8-21/h2,5-6,9-10,20-21H,1,3-4,7-8,11-19H2,(H,25,30)(H,26,31). The van der Waals surface area contributed by atoms with Crippen molar-refractivity contribution in [2.75, 3.05) is 57.3 Å². The lowest BCUT2D eigenvalue weighted by Crippen LogP contribution is -2.55. The summed E-state index contributed by atoms with van der Waals surface area (Å²) in [6.07, 6.45) is 7.06. The summed E-state index contributed by atoms with van der Waals surface area (Å²) in [7, 11) is 0. The van der Waals surface area contributed by atoms with Crippen LogP contribution >= 0.6 is 0 Å². The van der Waals surface area contributed by atoms with Gasteiger partial charge in [0.25, 0.3) is 0 Å². The van der Waals surface area contributed by atoms with Crippen molar-refractivity contribution in [3.8, 4) is 0 Å². The van der Waals surface area contributed by atoms with Crippen molar-refractivity contribution in [2.24, 2.45) is 5.92 Å². The predicted molar refractivity (Wildman–Crippen MR) is 123 cm³/mol. The molecule has 4 rings (SSSR count). The largest absolute Gasteiger partial charge is 0.371 e. The van der Waals surface area contributed by atoms with E-state index in [0.717, 1.165) is 52.0 Å². The van der Waals surface area contributed by atoms with E-state index < -0.39 is 0 Å². The maximum absolute atomic E-state index is 12.5. The van der Waals surface area contributed by atoms with Crippen LogP contribution in [0.25, 0.3) is 0 Å². The molecule has 1 aromatic carbocycles. The van der Waals surface area contributed by atoms with Crippen LogP contribution in [0.2, 0.25) is 0 Å². The third kappa shape index (κ3) is 6.35. The minimum atomic E-state index is 0.0696. The number of carbonyl (C=O) groups excluding carboxylic acids is 2. The van der Waals surface area contributed by atoms with Crippen molar-refractivity contribution >= 4 is 17.6 Å². The molecule has 1 saturated carbocycles. The molecule has 3 fully saturated rings. The number of piperazine rings is 1. The quantitative estimate of drug-likeness (QED) is 0.731. The van der Waals surface area contributed by atoms with Crippen molar-refractivity contribution in [3.05, 3.63) is 30.3 Å².